The zero-order valence-electron chi connectivity index (χ0n) is 24.7. The second-order valence-electron chi connectivity index (χ2n) is 12.2. The molecule has 0 spiro atoms. The Morgan fingerprint density at radius 1 is 1.17 bits per heavy atom. The fourth-order valence-corrected chi connectivity index (χ4v) is 6.19. The number of aliphatic hydroxyl groups is 1. The number of pyridine rings is 1. The van der Waals surface area contributed by atoms with Gasteiger partial charge in [0.2, 0.25) is 5.91 Å². The van der Waals surface area contributed by atoms with Crippen molar-refractivity contribution in [3.63, 3.8) is 0 Å². The Kier molecular flexibility index (Phi) is 11.7. The van der Waals surface area contributed by atoms with Gasteiger partial charge >= 0.3 is 0 Å². The number of halogens is 4. The van der Waals surface area contributed by atoms with Gasteiger partial charge in [-0.2, -0.15) is 0 Å². The van der Waals surface area contributed by atoms with E-state index in [4.69, 9.17) is 9.72 Å². The highest BCUT2D eigenvalue weighted by molar-refractivity contribution is 5.97. The summed E-state index contributed by atoms with van der Waals surface area (Å²) in [5, 5.41) is 13.7. The number of morpholine rings is 1. The molecule has 0 saturated carbocycles. The van der Waals surface area contributed by atoms with Gasteiger partial charge in [-0.15, -0.1) is 24.8 Å². The van der Waals surface area contributed by atoms with Crippen LogP contribution in [0.2, 0.25) is 0 Å². The van der Waals surface area contributed by atoms with Crippen LogP contribution in [-0.2, 0) is 28.0 Å². The van der Waals surface area contributed by atoms with Crippen LogP contribution in [-0.4, -0.2) is 96.4 Å². The molecule has 5 rings (SSSR count). The predicted molar refractivity (Wildman–Crippen MR) is 164 cm³/mol. The Morgan fingerprint density at radius 2 is 1.93 bits per heavy atom. The Labute approximate surface area is 259 Å². The molecule has 2 aromatic rings. The lowest BCUT2D eigenvalue weighted by molar-refractivity contribution is -0.121. The molecule has 1 aromatic heterocycles. The normalized spacial score (nSPS) is 24.1. The first-order valence-electron chi connectivity index (χ1n) is 14.2. The molecule has 1 amide bonds. The molecule has 2 fully saturated rings. The molecule has 1 aromatic carbocycles. The first-order valence-corrected chi connectivity index (χ1v) is 14.2. The molecule has 3 atom stereocenters. The molecule has 0 aliphatic carbocycles. The van der Waals surface area contributed by atoms with E-state index >= 15 is 0 Å². The number of carbonyl (C=O) groups excluding carboxylic acids is 1. The van der Waals surface area contributed by atoms with Gasteiger partial charge in [0.25, 0.3) is 0 Å². The summed E-state index contributed by atoms with van der Waals surface area (Å²) in [5.41, 5.74) is 2.42. The molecule has 0 radical (unpaired) electrons. The van der Waals surface area contributed by atoms with Crippen LogP contribution < -0.4 is 10.2 Å². The number of benzene rings is 1. The third-order valence-corrected chi connectivity index (χ3v) is 8.52. The third-order valence-electron chi connectivity index (χ3n) is 8.52. The largest absolute Gasteiger partial charge is 0.390 e. The first kappa shape index (κ1) is 34.6. The molecule has 0 unspecified atom stereocenters. The number of piperazine rings is 1. The molecule has 4 heterocycles. The number of ether oxygens (including phenoxy) is 1. The molecular weight excluding hydrogens is 587 g/mol. The van der Waals surface area contributed by atoms with Crippen molar-refractivity contribution in [2.75, 3.05) is 57.4 Å². The van der Waals surface area contributed by atoms with E-state index in [1.807, 2.05) is 19.9 Å². The Hall–Kier alpha value is -1.92. The van der Waals surface area contributed by atoms with Crippen LogP contribution in [0.5, 0.6) is 0 Å². The highest BCUT2D eigenvalue weighted by atomic mass is 35.5. The van der Waals surface area contributed by atoms with Gasteiger partial charge in [-0.3, -0.25) is 19.6 Å². The number of amides is 1. The molecule has 234 valence electrons. The van der Waals surface area contributed by atoms with Gasteiger partial charge in [0.1, 0.15) is 11.6 Å². The van der Waals surface area contributed by atoms with E-state index in [1.165, 1.54) is 12.1 Å². The second kappa shape index (κ2) is 14.2. The summed E-state index contributed by atoms with van der Waals surface area (Å²) in [4.78, 5) is 25.3. The van der Waals surface area contributed by atoms with Gasteiger partial charge in [-0.1, -0.05) is 19.9 Å². The molecule has 3 aliphatic rings. The summed E-state index contributed by atoms with van der Waals surface area (Å²) >= 11 is 0. The maximum atomic E-state index is 14.5. The van der Waals surface area contributed by atoms with Crippen LogP contribution in [0, 0.1) is 11.6 Å². The number of nitrogens with zero attached hydrogens (tertiary/aromatic N) is 4. The van der Waals surface area contributed by atoms with E-state index in [9.17, 15) is 18.7 Å². The average Bonchev–Trinajstić information content (AvgIpc) is 3.17. The molecule has 3 aliphatic heterocycles. The predicted octanol–water partition coefficient (Wildman–Crippen LogP) is 3.29. The van der Waals surface area contributed by atoms with Gasteiger partial charge in [0, 0.05) is 68.8 Å². The highest BCUT2D eigenvalue weighted by Crippen LogP contribution is 2.41. The number of carbonyl (C=O) groups is 1. The molecule has 2 N–H and O–H groups in total. The third kappa shape index (κ3) is 7.41. The van der Waals surface area contributed by atoms with Gasteiger partial charge in [-0.25, -0.2) is 8.78 Å². The van der Waals surface area contributed by atoms with Crippen LogP contribution in [0.4, 0.5) is 14.5 Å². The number of anilines is 1. The van der Waals surface area contributed by atoms with Crippen molar-refractivity contribution < 1.29 is 23.4 Å². The van der Waals surface area contributed by atoms with Crippen LogP contribution in [0.15, 0.2) is 24.3 Å². The van der Waals surface area contributed by atoms with E-state index in [0.29, 0.717) is 35.1 Å². The van der Waals surface area contributed by atoms with Crippen molar-refractivity contribution >= 4 is 36.4 Å². The molecule has 12 heteroatoms. The minimum atomic E-state index is -0.647. The van der Waals surface area contributed by atoms with Crippen LogP contribution >= 0.6 is 24.8 Å². The van der Waals surface area contributed by atoms with Crippen molar-refractivity contribution in [2.45, 2.75) is 64.3 Å². The van der Waals surface area contributed by atoms with Gasteiger partial charge in [0.15, 0.2) is 0 Å². The van der Waals surface area contributed by atoms with Crippen LogP contribution in [0.25, 0.3) is 0 Å². The van der Waals surface area contributed by atoms with E-state index < -0.39 is 17.0 Å². The van der Waals surface area contributed by atoms with E-state index in [2.05, 4.69) is 29.0 Å². The number of aromatic nitrogens is 1. The van der Waals surface area contributed by atoms with Gasteiger partial charge < -0.3 is 20.1 Å². The summed E-state index contributed by atoms with van der Waals surface area (Å²) in [6, 6.07) is 6.16. The summed E-state index contributed by atoms with van der Waals surface area (Å²) in [7, 11) is 0. The Bertz CT molecular complexity index is 1250. The molecule has 42 heavy (non-hydrogen) atoms. The molecule has 0 bridgehead atoms. The van der Waals surface area contributed by atoms with E-state index in [-0.39, 0.29) is 62.4 Å². The van der Waals surface area contributed by atoms with Gasteiger partial charge in [-0.05, 0) is 37.1 Å². The van der Waals surface area contributed by atoms with Crippen molar-refractivity contribution in [1.29, 1.82) is 0 Å². The lowest BCUT2D eigenvalue weighted by Gasteiger charge is -2.43. The van der Waals surface area contributed by atoms with Crippen LogP contribution in [0.3, 0.4) is 0 Å². The molecule has 2 saturated heterocycles. The lowest BCUT2D eigenvalue weighted by Crippen LogP contribution is -2.62. The van der Waals surface area contributed by atoms with Crippen LogP contribution in [0.1, 0.15) is 50.2 Å². The van der Waals surface area contributed by atoms with E-state index in [0.717, 1.165) is 51.2 Å². The summed E-state index contributed by atoms with van der Waals surface area (Å²) < 4.78 is 33.6. The number of fused-ring (bicyclic) bond motifs is 1. The Morgan fingerprint density at radius 3 is 2.62 bits per heavy atom. The monoisotopic (exact) mass is 629 g/mol. The van der Waals surface area contributed by atoms with Crippen molar-refractivity contribution in [2.24, 2.45) is 0 Å². The number of hydrogen-bond donors (Lipinski definition) is 2. The molecule has 8 nitrogen and oxygen atoms in total. The maximum Gasteiger partial charge on any atom is 0.241 e. The van der Waals surface area contributed by atoms with Crippen molar-refractivity contribution in [1.82, 2.24) is 20.1 Å². The minimum absolute atomic E-state index is 0. The fraction of sp³-hybridized carbons (Fsp3) is 0.600. The standard InChI is InChI=1S/C30H41F2N5O3.2ClH/c1-19-13-36(24(12-33-19)14-35-7-8-40-17-20(35)2)15-28(39)37-18-30(3,4)29-27(37)10-22(26(16-38)34-29)9-21-5-6-23(31)11-25(21)32;;/h5-6,10-11,19-20,24,33,38H,7-9,12-18H2,1-4H3;2*1H/t19-,20-,24-;;/m1../s1. The van der Waals surface area contributed by atoms with Crippen molar-refractivity contribution in [3.05, 3.63) is 58.4 Å². The number of aliphatic hydroxyl groups excluding tert-OH is 1. The summed E-state index contributed by atoms with van der Waals surface area (Å²) in [6.07, 6.45) is 0.139. The first-order chi connectivity index (χ1) is 19.1. The lowest BCUT2D eigenvalue weighted by atomic mass is 9.90. The topological polar surface area (TPSA) is 81.2 Å². The maximum absolute atomic E-state index is 14.5. The SMILES string of the molecule is C[C@@H]1CN(CC(=O)N2CC(C)(C)c3nc(CO)c(Cc4ccc(F)cc4F)cc32)[C@@H](CN2CCOC[C@H]2C)CN1.Cl.Cl. The highest BCUT2D eigenvalue weighted by Gasteiger charge is 2.41. The summed E-state index contributed by atoms with van der Waals surface area (Å²) in [6.45, 7) is 13.7. The quantitative estimate of drug-likeness (QED) is 0.486. The zero-order valence-corrected chi connectivity index (χ0v) is 26.4. The van der Waals surface area contributed by atoms with E-state index in [1.54, 1.807) is 4.90 Å². The second-order valence-corrected chi connectivity index (χ2v) is 12.2. The smallest absolute Gasteiger partial charge is 0.241 e. The Balaban J connectivity index is 0.00000242. The zero-order chi connectivity index (χ0) is 28.6. The molecular formula is C30H43Cl2F2N5O3. The number of rotatable bonds is 7. The fourth-order valence-electron chi connectivity index (χ4n) is 6.19. The number of nitrogens with one attached hydrogen (secondary N) is 1. The minimum Gasteiger partial charge on any atom is -0.390 e. The average molecular weight is 631 g/mol. The van der Waals surface area contributed by atoms with Crippen molar-refractivity contribution in [3.8, 4) is 0 Å². The van der Waals surface area contributed by atoms with Gasteiger partial charge in [0.05, 0.1) is 43.4 Å². The number of hydrogen-bond acceptors (Lipinski definition) is 7. The summed E-state index contributed by atoms with van der Waals surface area (Å²) in [5.74, 6) is -1.29.